The zero-order valence-electron chi connectivity index (χ0n) is 9.61. The summed E-state index contributed by atoms with van der Waals surface area (Å²) in [6.07, 6.45) is 0.983. The smallest absolute Gasteiger partial charge is 0.340 e. The number of anilines is 1. The van der Waals surface area contributed by atoms with Gasteiger partial charge in [-0.05, 0) is 29.8 Å². The molecule has 1 aromatic heterocycles. The van der Waals surface area contributed by atoms with Gasteiger partial charge < -0.3 is 4.74 Å². The number of methoxy groups -OCH3 is 1. The van der Waals surface area contributed by atoms with Crippen molar-refractivity contribution in [2.75, 3.05) is 18.2 Å². The number of carbonyl (C=O) groups excluding carboxylic acids is 2. The number of amides is 2. The number of esters is 1. The molecule has 5 nitrogen and oxygen atoms in total. The van der Waals surface area contributed by atoms with Crippen LogP contribution < -0.4 is 10.0 Å². The van der Waals surface area contributed by atoms with Crippen LogP contribution in [0.3, 0.4) is 0 Å². The molecule has 0 aliphatic rings. The van der Waals surface area contributed by atoms with Gasteiger partial charge in [-0.3, -0.25) is 10.0 Å². The van der Waals surface area contributed by atoms with Crippen LogP contribution in [-0.2, 0) is 4.74 Å². The molecule has 0 radical (unpaired) electrons. The molecule has 17 heavy (non-hydrogen) atoms. The Morgan fingerprint density at radius 2 is 2.29 bits per heavy atom. The summed E-state index contributed by atoms with van der Waals surface area (Å²) < 4.78 is 7.23. The van der Waals surface area contributed by atoms with E-state index in [0.717, 1.165) is 12.2 Å². The molecule has 0 aliphatic carbocycles. The molecule has 1 rings (SSSR count). The molecular weight excluding hydrogens is 260 g/mol. The van der Waals surface area contributed by atoms with E-state index in [9.17, 15) is 9.59 Å². The maximum absolute atomic E-state index is 11.5. The lowest BCUT2D eigenvalue weighted by Gasteiger charge is -2.06. The number of ether oxygens (including phenoxy) is 1. The molecule has 0 aromatic carbocycles. The first-order valence-corrected chi connectivity index (χ1v) is 6.90. The van der Waals surface area contributed by atoms with Gasteiger partial charge in [-0.15, -0.1) is 11.3 Å². The first kappa shape index (κ1) is 13.9. The minimum absolute atomic E-state index is 0.337. The van der Waals surface area contributed by atoms with Gasteiger partial charge in [0.15, 0.2) is 0 Å². The SMILES string of the molecule is CCCSNC(=O)Nc1sccc1C(=O)OC. The van der Waals surface area contributed by atoms with Crippen LogP contribution in [0.15, 0.2) is 11.4 Å². The lowest BCUT2D eigenvalue weighted by molar-refractivity contribution is 0.0602. The van der Waals surface area contributed by atoms with Crippen molar-refractivity contribution in [3.63, 3.8) is 0 Å². The van der Waals surface area contributed by atoms with Gasteiger partial charge in [-0.2, -0.15) is 0 Å². The maximum atomic E-state index is 11.5. The van der Waals surface area contributed by atoms with E-state index in [4.69, 9.17) is 0 Å². The highest BCUT2D eigenvalue weighted by molar-refractivity contribution is 7.97. The summed E-state index contributed by atoms with van der Waals surface area (Å²) in [4.78, 5) is 22.8. The van der Waals surface area contributed by atoms with E-state index in [1.54, 1.807) is 11.4 Å². The Balaban J connectivity index is 2.53. The summed E-state index contributed by atoms with van der Waals surface area (Å²) in [5, 5.41) is 4.83. The van der Waals surface area contributed by atoms with E-state index in [1.807, 2.05) is 6.92 Å². The Bertz CT molecular complexity index is 393. The number of carbonyl (C=O) groups is 2. The molecule has 0 atom stereocenters. The molecule has 2 amide bonds. The molecule has 2 N–H and O–H groups in total. The van der Waals surface area contributed by atoms with E-state index in [0.29, 0.717) is 10.6 Å². The topological polar surface area (TPSA) is 67.4 Å². The lowest BCUT2D eigenvalue weighted by Crippen LogP contribution is -2.23. The van der Waals surface area contributed by atoms with Gasteiger partial charge in [0.05, 0.1) is 12.7 Å². The van der Waals surface area contributed by atoms with Crippen molar-refractivity contribution >= 4 is 40.3 Å². The zero-order valence-corrected chi connectivity index (χ0v) is 11.2. The Morgan fingerprint density at radius 1 is 1.53 bits per heavy atom. The van der Waals surface area contributed by atoms with Crippen LogP contribution in [0, 0.1) is 0 Å². The van der Waals surface area contributed by atoms with Gasteiger partial charge in [0.2, 0.25) is 0 Å². The number of thiophene rings is 1. The number of rotatable bonds is 5. The van der Waals surface area contributed by atoms with E-state index >= 15 is 0 Å². The van der Waals surface area contributed by atoms with Gasteiger partial charge in [-0.1, -0.05) is 6.92 Å². The Kier molecular flexibility index (Phi) is 5.85. The fraction of sp³-hybridized carbons (Fsp3) is 0.400. The highest BCUT2D eigenvalue weighted by Crippen LogP contribution is 2.23. The average molecular weight is 274 g/mol. The second-order valence-corrected chi connectivity index (χ2v) is 4.88. The van der Waals surface area contributed by atoms with E-state index in [-0.39, 0.29) is 6.03 Å². The first-order valence-electron chi connectivity index (χ1n) is 5.03. The highest BCUT2D eigenvalue weighted by atomic mass is 32.2. The van der Waals surface area contributed by atoms with Crippen LogP contribution in [0.4, 0.5) is 9.80 Å². The monoisotopic (exact) mass is 274 g/mol. The van der Waals surface area contributed by atoms with Crippen molar-refractivity contribution in [3.05, 3.63) is 17.0 Å². The van der Waals surface area contributed by atoms with E-state index in [1.165, 1.54) is 30.4 Å². The van der Waals surface area contributed by atoms with Crippen LogP contribution in [0.2, 0.25) is 0 Å². The molecule has 0 saturated heterocycles. The minimum Gasteiger partial charge on any atom is -0.465 e. The third-order valence-corrected chi connectivity index (χ3v) is 3.54. The molecule has 0 bridgehead atoms. The maximum Gasteiger partial charge on any atom is 0.340 e. The van der Waals surface area contributed by atoms with Crippen LogP contribution >= 0.6 is 23.3 Å². The molecule has 0 fully saturated rings. The van der Waals surface area contributed by atoms with Crippen molar-refractivity contribution in [1.29, 1.82) is 0 Å². The molecule has 0 unspecified atom stereocenters. The number of hydrogen-bond donors (Lipinski definition) is 2. The van der Waals surface area contributed by atoms with Crippen LogP contribution in [0.25, 0.3) is 0 Å². The Morgan fingerprint density at radius 3 is 2.94 bits per heavy atom. The van der Waals surface area contributed by atoms with Gasteiger partial charge in [0, 0.05) is 5.75 Å². The van der Waals surface area contributed by atoms with Gasteiger partial charge in [-0.25, -0.2) is 9.59 Å². The molecule has 7 heteroatoms. The second-order valence-electron chi connectivity index (χ2n) is 3.06. The minimum atomic E-state index is -0.456. The molecule has 94 valence electrons. The summed E-state index contributed by atoms with van der Waals surface area (Å²) in [5.74, 6) is 0.393. The van der Waals surface area contributed by atoms with Gasteiger partial charge >= 0.3 is 12.0 Å². The molecule has 0 saturated carbocycles. The zero-order chi connectivity index (χ0) is 12.7. The van der Waals surface area contributed by atoms with Crippen LogP contribution in [0.5, 0.6) is 0 Å². The molecular formula is C10H14N2O3S2. The van der Waals surface area contributed by atoms with Crippen LogP contribution in [0.1, 0.15) is 23.7 Å². The third kappa shape index (κ3) is 4.27. The highest BCUT2D eigenvalue weighted by Gasteiger charge is 2.14. The number of urea groups is 1. The second kappa shape index (κ2) is 7.18. The fourth-order valence-electron chi connectivity index (χ4n) is 1.02. The van der Waals surface area contributed by atoms with Gasteiger partial charge in [0.1, 0.15) is 5.00 Å². The Hall–Kier alpha value is -1.21. The lowest BCUT2D eigenvalue weighted by atomic mass is 10.3. The predicted octanol–water partition coefficient (Wildman–Crippen LogP) is 2.71. The van der Waals surface area contributed by atoms with E-state index < -0.39 is 5.97 Å². The summed E-state index contributed by atoms with van der Waals surface area (Å²) in [6.45, 7) is 2.03. The average Bonchev–Trinajstić information content (AvgIpc) is 2.76. The van der Waals surface area contributed by atoms with Crippen molar-refractivity contribution < 1.29 is 14.3 Å². The summed E-state index contributed by atoms with van der Waals surface area (Å²) in [7, 11) is 1.31. The molecule has 1 heterocycles. The van der Waals surface area contributed by atoms with E-state index in [2.05, 4.69) is 14.8 Å². The van der Waals surface area contributed by atoms with Crippen molar-refractivity contribution in [2.24, 2.45) is 0 Å². The molecule has 0 aliphatic heterocycles. The van der Waals surface area contributed by atoms with Crippen molar-refractivity contribution in [1.82, 2.24) is 4.72 Å². The predicted molar refractivity (Wildman–Crippen MR) is 70.6 cm³/mol. The van der Waals surface area contributed by atoms with Crippen molar-refractivity contribution in [3.8, 4) is 0 Å². The number of hydrogen-bond acceptors (Lipinski definition) is 5. The first-order chi connectivity index (χ1) is 8.19. The summed E-state index contributed by atoms with van der Waals surface area (Å²) in [5.41, 5.74) is 0.369. The third-order valence-electron chi connectivity index (χ3n) is 1.77. The van der Waals surface area contributed by atoms with Crippen molar-refractivity contribution in [2.45, 2.75) is 13.3 Å². The summed E-state index contributed by atoms with van der Waals surface area (Å²) in [6, 6.07) is 1.28. The Labute approximate surface area is 108 Å². The number of nitrogens with one attached hydrogen (secondary N) is 2. The molecule has 0 spiro atoms. The standard InChI is InChI=1S/C10H14N2O3S2/c1-3-5-17-12-10(14)11-8-7(4-6-16-8)9(13)15-2/h4,6H,3,5H2,1-2H3,(H2,11,12,14). The molecule has 1 aromatic rings. The summed E-state index contributed by atoms with van der Waals surface area (Å²) >= 11 is 2.61. The van der Waals surface area contributed by atoms with Gasteiger partial charge in [0.25, 0.3) is 0 Å². The fourth-order valence-corrected chi connectivity index (χ4v) is 2.28. The largest absolute Gasteiger partial charge is 0.465 e. The van der Waals surface area contributed by atoms with Crippen LogP contribution in [-0.4, -0.2) is 24.9 Å². The quantitative estimate of drug-likeness (QED) is 0.492. The normalized spacial score (nSPS) is 9.76.